The average molecular weight is 353 g/mol. The van der Waals surface area contributed by atoms with Gasteiger partial charge in [0.2, 0.25) is 0 Å². The van der Waals surface area contributed by atoms with Crippen molar-refractivity contribution in [3.05, 3.63) is 65.2 Å². The number of carbonyl (C=O) groups is 2. The monoisotopic (exact) mass is 353 g/mol. The van der Waals surface area contributed by atoms with Gasteiger partial charge in [-0.1, -0.05) is 12.1 Å². The van der Waals surface area contributed by atoms with Crippen molar-refractivity contribution in [1.82, 2.24) is 10.2 Å². The average Bonchev–Trinajstić information content (AvgIpc) is 3.20. The molecule has 1 aliphatic rings. The first-order chi connectivity index (χ1) is 12.6. The summed E-state index contributed by atoms with van der Waals surface area (Å²) in [6.07, 6.45) is 0.918. The van der Waals surface area contributed by atoms with Crippen LogP contribution in [0.4, 0.5) is 5.69 Å². The van der Waals surface area contributed by atoms with E-state index in [0.717, 1.165) is 25.1 Å². The van der Waals surface area contributed by atoms with Crippen molar-refractivity contribution in [3.63, 3.8) is 0 Å². The highest BCUT2D eigenvalue weighted by atomic mass is 16.5. The lowest BCUT2D eigenvalue weighted by Gasteiger charge is -2.29. The SMILES string of the molecule is COC(=O)c1ccc(CN(C(=O)c2ccc(N)cc2)C2CCNC2)cc1. The second kappa shape index (κ2) is 8.01. The maximum atomic E-state index is 13.1. The normalized spacial score (nSPS) is 16.3. The molecule has 2 aromatic carbocycles. The fraction of sp³-hybridized carbons (Fsp3) is 0.300. The lowest BCUT2D eigenvalue weighted by Crippen LogP contribution is -2.41. The van der Waals surface area contributed by atoms with E-state index in [4.69, 9.17) is 10.5 Å². The molecule has 2 aromatic rings. The molecule has 26 heavy (non-hydrogen) atoms. The van der Waals surface area contributed by atoms with E-state index in [1.165, 1.54) is 7.11 Å². The molecule has 6 nitrogen and oxygen atoms in total. The van der Waals surface area contributed by atoms with Crippen LogP contribution in [0.5, 0.6) is 0 Å². The summed E-state index contributed by atoms with van der Waals surface area (Å²) in [4.78, 5) is 26.5. The Kier molecular flexibility index (Phi) is 5.53. The third kappa shape index (κ3) is 4.03. The van der Waals surface area contributed by atoms with Gasteiger partial charge in [-0.05, 0) is 54.9 Å². The molecule has 1 fully saturated rings. The second-order valence-electron chi connectivity index (χ2n) is 6.39. The summed E-state index contributed by atoms with van der Waals surface area (Å²) in [6, 6.07) is 14.3. The standard InChI is InChI=1S/C20H23N3O3/c1-26-20(25)16-4-2-14(3-5-16)13-23(18-10-11-22-12-18)19(24)15-6-8-17(21)9-7-15/h2-9,18,22H,10-13,21H2,1H3. The first-order valence-corrected chi connectivity index (χ1v) is 8.63. The molecule has 0 aliphatic carbocycles. The van der Waals surface area contributed by atoms with Gasteiger partial charge >= 0.3 is 5.97 Å². The zero-order valence-electron chi connectivity index (χ0n) is 14.8. The molecule has 1 heterocycles. The maximum absolute atomic E-state index is 13.1. The van der Waals surface area contributed by atoms with Crippen molar-refractivity contribution in [2.45, 2.75) is 19.0 Å². The molecule has 1 saturated heterocycles. The topological polar surface area (TPSA) is 84.7 Å². The summed E-state index contributed by atoms with van der Waals surface area (Å²) >= 11 is 0. The zero-order chi connectivity index (χ0) is 18.5. The molecule has 0 spiro atoms. The number of nitrogen functional groups attached to an aromatic ring is 1. The predicted octanol–water partition coefficient (Wildman–Crippen LogP) is 2.06. The van der Waals surface area contributed by atoms with Gasteiger partial charge in [0.15, 0.2) is 0 Å². The lowest BCUT2D eigenvalue weighted by atomic mass is 10.1. The molecule has 1 aliphatic heterocycles. The molecule has 3 rings (SSSR count). The van der Waals surface area contributed by atoms with Gasteiger partial charge in [0.05, 0.1) is 12.7 Å². The summed E-state index contributed by atoms with van der Waals surface area (Å²) in [5.41, 5.74) is 8.44. The van der Waals surface area contributed by atoms with E-state index in [-0.39, 0.29) is 17.9 Å². The molecule has 0 radical (unpaired) electrons. The van der Waals surface area contributed by atoms with Crippen molar-refractivity contribution in [1.29, 1.82) is 0 Å². The Labute approximate surface area is 152 Å². The van der Waals surface area contributed by atoms with Crippen LogP contribution in [0.3, 0.4) is 0 Å². The first-order valence-electron chi connectivity index (χ1n) is 8.63. The van der Waals surface area contributed by atoms with E-state index in [9.17, 15) is 9.59 Å². The van der Waals surface area contributed by atoms with Crippen LogP contribution < -0.4 is 11.1 Å². The first kappa shape index (κ1) is 17.9. The largest absolute Gasteiger partial charge is 0.465 e. The number of esters is 1. The summed E-state index contributed by atoms with van der Waals surface area (Å²) in [6.45, 7) is 2.16. The number of anilines is 1. The molecule has 1 atom stereocenters. The molecule has 0 bridgehead atoms. The van der Waals surface area contributed by atoms with Gasteiger partial charge < -0.3 is 20.7 Å². The minimum atomic E-state index is -0.369. The maximum Gasteiger partial charge on any atom is 0.337 e. The van der Waals surface area contributed by atoms with Crippen LogP contribution in [0.1, 0.15) is 32.7 Å². The molecule has 1 amide bonds. The Balaban J connectivity index is 1.81. The molecule has 0 saturated carbocycles. The summed E-state index contributed by atoms with van der Waals surface area (Å²) < 4.78 is 4.72. The van der Waals surface area contributed by atoms with Crippen LogP contribution >= 0.6 is 0 Å². The van der Waals surface area contributed by atoms with Crippen LogP contribution in [0, 0.1) is 0 Å². The summed E-state index contributed by atoms with van der Waals surface area (Å²) in [7, 11) is 1.36. The number of methoxy groups -OCH3 is 1. The van der Waals surface area contributed by atoms with E-state index in [2.05, 4.69) is 5.32 Å². The highest BCUT2D eigenvalue weighted by Crippen LogP contribution is 2.19. The van der Waals surface area contributed by atoms with Gasteiger partial charge in [0.25, 0.3) is 5.91 Å². The van der Waals surface area contributed by atoms with E-state index in [1.54, 1.807) is 36.4 Å². The van der Waals surface area contributed by atoms with Crippen LogP contribution in [0.15, 0.2) is 48.5 Å². The van der Waals surface area contributed by atoms with Crippen molar-refractivity contribution in [2.24, 2.45) is 0 Å². The Morgan fingerprint density at radius 3 is 2.35 bits per heavy atom. The fourth-order valence-corrected chi connectivity index (χ4v) is 3.12. The van der Waals surface area contributed by atoms with Gasteiger partial charge in [-0.3, -0.25) is 4.79 Å². The fourth-order valence-electron chi connectivity index (χ4n) is 3.12. The highest BCUT2D eigenvalue weighted by Gasteiger charge is 2.27. The van der Waals surface area contributed by atoms with Gasteiger partial charge in [-0.25, -0.2) is 4.79 Å². The Hall–Kier alpha value is -2.86. The minimum Gasteiger partial charge on any atom is -0.465 e. The smallest absolute Gasteiger partial charge is 0.337 e. The number of benzene rings is 2. The molecule has 6 heteroatoms. The third-order valence-corrected chi connectivity index (χ3v) is 4.62. The Bertz CT molecular complexity index is 766. The van der Waals surface area contributed by atoms with E-state index >= 15 is 0 Å². The number of carbonyl (C=O) groups excluding carboxylic acids is 2. The number of amides is 1. The summed E-state index contributed by atoms with van der Waals surface area (Å²) in [5.74, 6) is -0.387. The number of rotatable bonds is 5. The highest BCUT2D eigenvalue weighted by molar-refractivity contribution is 5.94. The van der Waals surface area contributed by atoms with Crippen molar-refractivity contribution in [3.8, 4) is 0 Å². The van der Waals surface area contributed by atoms with Crippen LogP contribution in [-0.4, -0.2) is 43.0 Å². The number of ether oxygens (including phenoxy) is 1. The van der Waals surface area contributed by atoms with Gasteiger partial charge in [0, 0.05) is 30.4 Å². The van der Waals surface area contributed by atoms with Crippen molar-refractivity contribution < 1.29 is 14.3 Å². The second-order valence-corrected chi connectivity index (χ2v) is 6.39. The Morgan fingerprint density at radius 1 is 1.12 bits per heavy atom. The molecule has 1 unspecified atom stereocenters. The van der Waals surface area contributed by atoms with Gasteiger partial charge in [-0.15, -0.1) is 0 Å². The number of nitrogens with zero attached hydrogens (tertiary/aromatic N) is 1. The van der Waals surface area contributed by atoms with E-state index < -0.39 is 0 Å². The van der Waals surface area contributed by atoms with Gasteiger partial charge in [0.1, 0.15) is 0 Å². The number of hydrogen-bond donors (Lipinski definition) is 2. The van der Waals surface area contributed by atoms with Crippen LogP contribution in [-0.2, 0) is 11.3 Å². The molecular formula is C20H23N3O3. The molecule has 0 aromatic heterocycles. The van der Waals surface area contributed by atoms with Gasteiger partial charge in [-0.2, -0.15) is 0 Å². The van der Waals surface area contributed by atoms with Crippen LogP contribution in [0.2, 0.25) is 0 Å². The lowest BCUT2D eigenvalue weighted by molar-refractivity contribution is 0.0599. The van der Waals surface area contributed by atoms with Crippen molar-refractivity contribution in [2.75, 3.05) is 25.9 Å². The Morgan fingerprint density at radius 2 is 1.77 bits per heavy atom. The minimum absolute atomic E-state index is 0.0178. The zero-order valence-corrected chi connectivity index (χ0v) is 14.8. The molecular weight excluding hydrogens is 330 g/mol. The quantitative estimate of drug-likeness (QED) is 0.635. The number of nitrogens with two attached hydrogens (primary N) is 1. The predicted molar refractivity (Wildman–Crippen MR) is 99.8 cm³/mol. The summed E-state index contributed by atoms with van der Waals surface area (Å²) in [5, 5.41) is 3.31. The van der Waals surface area contributed by atoms with E-state index in [1.807, 2.05) is 17.0 Å². The molecule has 136 valence electrons. The van der Waals surface area contributed by atoms with E-state index in [0.29, 0.717) is 23.4 Å². The third-order valence-electron chi connectivity index (χ3n) is 4.62. The number of hydrogen-bond acceptors (Lipinski definition) is 5. The molecule has 3 N–H and O–H groups in total. The van der Waals surface area contributed by atoms with Crippen molar-refractivity contribution >= 4 is 17.6 Å². The number of nitrogens with one attached hydrogen (secondary N) is 1. The van der Waals surface area contributed by atoms with Crippen LogP contribution in [0.25, 0.3) is 0 Å².